The largest absolute Gasteiger partial charge is 0.392 e. The molecule has 0 aliphatic rings. The average Bonchev–Trinajstić information content (AvgIpc) is 2.26. The van der Waals surface area contributed by atoms with Gasteiger partial charge in [0.2, 0.25) is 0 Å². The fourth-order valence-electron chi connectivity index (χ4n) is 0.920. The maximum Gasteiger partial charge on any atom is 0.0681 e. The Bertz CT molecular complexity index is 306. The maximum atomic E-state index is 8.85. The van der Waals surface area contributed by atoms with Gasteiger partial charge in [0.05, 0.1) is 6.61 Å². The summed E-state index contributed by atoms with van der Waals surface area (Å²) in [6.07, 6.45) is 0. The van der Waals surface area contributed by atoms with Crippen LogP contribution in [-0.2, 0) is 6.61 Å². The standard InChI is InChI=1S/C11H13ClOS/c1-9(6-12)8-14-11-4-2-10(7-13)3-5-11/h2-6,13H,7-8H2,1H3/b9-6-. The van der Waals surface area contributed by atoms with E-state index in [-0.39, 0.29) is 6.61 Å². The highest BCUT2D eigenvalue weighted by atomic mass is 35.5. The first-order valence-corrected chi connectivity index (χ1v) is 5.77. The fourth-order valence-corrected chi connectivity index (χ4v) is 1.89. The van der Waals surface area contributed by atoms with Crippen molar-refractivity contribution in [3.63, 3.8) is 0 Å². The highest BCUT2D eigenvalue weighted by Gasteiger charge is 1.95. The molecular weight excluding hydrogens is 216 g/mol. The van der Waals surface area contributed by atoms with Gasteiger partial charge in [0.15, 0.2) is 0 Å². The zero-order valence-electron chi connectivity index (χ0n) is 8.03. The van der Waals surface area contributed by atoms with E-state index in [1.54, 1.807) is 17.3 Å². The third-order valence-electron chi connectivity index (χ3n) is 1.76. The molecule has 0 spiro atoms. The Morgan fingerprint density at radius 3 is 2.57 bits per heavy atom. The second-order valence-corrected chi connectivity index (χ2v) is 4.31. The molecule has 0 heterocycles. The van der Waals surface area contributed by atoms with Crippen LogP contribution in [0.5, 0.6) is 0 Å². The number of rotatable bonds is 4. The number of aliphatic hydroxyl groups excluding tert-OH is 1. The van der Waals surface area contributed by atoms with E-state index >= 15 is 0 Å². The Morgan fingerprint density at radius 1 is 1.43 bits per heavy atom. The van der Waals surface area contributed by atoms with Crippen molar-refractivity contribution >= 4 is 23.4 Å². The fraction of sp³-hybridized carbons (Fsp3) is 0.273. The topological polar surface area (TPSA) is 20.2 Å². The van der Waals surface area contributed by atoms with E-state index < -0.39 is 0 Å². The smallest absolute Gasteiger partial charge is 0.0681 e. The van der Waals surface area contributed by atoms with Crippen LogP contribution >= 0.6 is 23.4 Å². The van der Waals surface area contributed by atoms with E-state index in [2.05, 4.69) is 0 Å². The molecule has 1 nitrogen and oxygen atoms in total. The van der Waals surface area contributed by atoms with E-state index in [9.17, 15) is 0 Å². The Hall–Kier alpha value is -0.440. The minimum absolute atomic E-state index is 0.103. The van der Waals surface area contributed by atoms with Gasteiger partial charge >= 0.3 is 0 Å². The SMILES string of the molecule is C/C(=C/Cl)CSc1ccc(CO)cc1. The predicted octanol–water partition coefficient (Wildman–Crippen LogP) is 3.41. The molecule has 0 amide bonds. The first kappa shape index (κ1) is 11.6. The minimum atomic E-state index is 0.103. The third-order valence-corrected chi connectivity index (χ3v) is 3.34. The van der Waals surface area contributed by atoms with Crippen LogP contribution in [0.25, 0.3) is 0 Å². The van der Waals surface area contributed by atoms with Crippen molar-refractivity contribution < 1.29 is 5.11 Å². The van der Waals surface area contributed by atoms with E-state index in [0.29, 0.717) is 0 Å². The van der Waals surface area contributed by atoms with Crippen molar-refractivity contribution in [3.8, 4) is 0 Å². The summed E-state index contributed by atoms with van der Waals surface area (Å²) in [6, 6.07) is 7.89. The van der Waals surface area contributed by atoms with Crippen molar-refractivity contribution in [1.29, 1.82) is 0 Å². The van der Waals surface area contributed by atoms with Crippen LogP contribution in [-0.4, -0.2) is 10.9 Å². The molecule has 0 atom stereocenters. The van der Waals surface area contributed by atoms with Crippen molar-refractivity contribution in [1.82, 2.24) is 0 Å². The van der Waals surface area contributed by atoms with Gasteiger partial charge in [0.25, 0.3) is 0 Å². The molecule has 1 aromatic rings. The van der Waals surface area contributed by atoms with Gasteiger partial charge in [-0.2, -0.15) is 0 Å². The first-order chi connectivity index (χ1) is 6.76. The summed E-state index contributed by atoms with van der Waals surface area (Å²) < 4.78 is 0. The molecule has 0 saturated heterocycles. The lowest BCUT2D eigenvalue weighted by Crippen LogP contribution is -1.83. The van der Waals surface area contributed by atoms with Gasteiger partial charge in [-0.3, -0.25) is 0 Å². The zero-order valence-corrected chi connectivity index (χ0v) is 9.61. The van der Waals surface area contributed by atoms with Crippen molar-refractivity contribution in [2.45, 2.75) is 18.4 Å². The molecule has 1 N–H and O–H groups in total. The van der Waals surface area contributed by atoms with Crippen LogP contribution in [0.15, 0.2) is 40.3 Å². The summed E-state index contributed by atoms with van der Waals surface area (Å²) >= 11 is 7.30. The molecule has 3 heteroatoms. The van der Waals surface area contributed by atoms with Crippen LogP contribution in [0.1, 0.15) is 12.5 Å². The molecule has 0 aliphatic heterocycles. The first-order valence-electron chi connectivity index (χ1n) is 4.34. The second-order valence-electron chi connectivity index (χ2n) is 3.05. The summed E-state index contributed by atoms with van der Waals surface area (Å²) in [5.74, 6) is 0.905. The molecule has 0 unspecified atom stereocenters. The quantitative estimate of drug-likeness (QED) is 0.797. The van der Waals surface area contributed by atoms with E-state index in [0.717, 1.165) is 16.9 Å². The number of thioether (sulfide) groups is 1. The third kappa shape index (κ3) is 3.74. The maximum absolute atomic E-state index is 8.85. The van der Waals surface area contributed by atoms with E-state index in [4.69, 9.17) is 16.7 Å². The van der Waals surface area contributed by atoms with Gasteiger partial charge in [-0.25, -0.2) is 0 Å². The molecule has 0 bridgehead atoms. The lowest BCUT2D eigenvalue weighted by molar-refractivity contribution is 0.282. The van der Waals surface area contributed by atoms with Crippen LogP contribution in [0.3, 0.4) is 0 Å². The Balaban J connectivity index is 2.52. The van der Waals surface area contributed by atoms with Crippen molar-refractivity contribution in [2.24, 2.45) is 0 Å². The highest BCUT2D eigenvalue weighted by Crippen LogP contribution is 2.21. The molecule has 0 aromatic heterocycles. The lowest BCUT2D eigenvalue weighted by atomic mass is 10.2. The summed E-state index contributed by atoms with van der Waals surface area (Å²) in [4.78, 5) is 1.19. The number of halogens is 1. The van der Waals surface area contributed by atoms with Crippen LogP contribution in [0.2, 0.25) is 0 Å². The Morgan fingerprint density at radius 2 is 2.07 bits per heavy atom. The second kappa shape index (κ2) is 6.12. The van der Waals surface area contributed by atoms with E-state index in [1.165, 1.54) is 4.90 Å². The molecule has 0 fully saturated rings. The number of benzene rings is 1. The Labute approximate surface area is 93.8 Å². The van der Waals surface area contributed by atoms with Gasteiger partial charge < -0.3 is 5.11 Å². The lowest BCUT2D eigenvalue weighted by Gasteiger charge is -2.02. The van der Waals surface area contributed by atoms with Gasteiger partial charge in [0.1, 0.15) is 0 Å². The van der Waals surface area contributed by atoms with Gasteiger partial charge in [-0.15, -0.1) is 11.8 Å². The normalized spacial score (nSPS) is 11.8. The molecule has 0 aliphatic carbocycles. The minimum Gasteiger partial charge on any atom is -0.392 e. The van der Waals surface area contributed by atoms with E-state index in [1.807, 2.05) is 31.2 Å². The molecule has 1 aromatic carbocycles. The summed E-state index contributed by atoms with van der Waals surface area (Å²) in [5, 5.41) is 8.85. The predicted molar refractivity (Wildman–Crippen MR) is 62.7 cm³/mol. The monoisotopic (exact) mass is 228 g/mol. The average molecular weight is 229 g/mol. The number of aliphatic hydroxyl groups is 1. The summed E-state index contributed by atoms with van der Waals surface area (Å²) in [7, 11) is 0. The van der Waals surface area contributed by atoms with Crippen molar-refractivity contribution in [3.05, 3.63) is 40.9 Å². The van der Waals surface area contributed by atoms with Gasteiger partial charge in [0, 0.05) is 16.2 Å². The highest BCUT2D eigenvalue weighted by molar-refractivity contribution is 7.99. The summed E-state index contributed by atoms with van der Waals surface area (Å²) in [5.41, 5.74) is 3.71. The molecule has 14 heavy (non-hydrogen) atoms. The summed E-state index contributed by atoms with van der Waals surface area (Å²) in [6.45, 7) is 2.10. The number of hydrogen-bond acceptors (Lipinski definition) is 2. The zero-order chi connectivity index (χ0) is 10.4. The van der Waals surface area contributed by atoms with Crippen LogP contribution < -0.4 is 0 Å². The molecule has 1 rings (SSSR count). The van der Waals surface area contributed by atoms with Crippen molar-refractivity contribution in [2.75, 3.05) is 5.75 Å². The molecular formula is C11H13ClOS. The Kier molecular flexibility index (Phi) is 5.09. The number of hydrogen-bond donors (Lipinski definition) is 1. The van der Waals surface area contributed by atoms with Crippen LogP contribution in [0.4, 0.5) is 0 Å². The molecule has 0 saturated carbocycles. The molecule has 76 valence electrons. The van der Waals surface area contributed by atoms with Gasteiger partial charge in [-0.05, 0) is 24.6 Å². The van der Waals surface area contributed by atoms with Crippen LogP contribution in [0, 0.1) is 0 Å². The molecule has 0 radical (unpaired) electrons. The van der Waals surface area contributed by atoms with Gasteiger partial charge in [-0.1, -0.05) is 29.3 Å².